The van der Waals surface area contributed by atoms with Crippen LogP contribution in [0.4, 0.5) is 4.79 Å². The highest BCUT2D eigenvalue weighted by atomic mass is 32.1. The zero-order valence-corrected chi connectivity index (χ0v) is 13.3. The summed E-state index contributed by atoms with van der Waals surface area (Å²) in [6, 6.07) is 1.63. The van der Waals surface area contributed by atoms with Crippen LogP contribution in [0.25, 0.3) is 0 Å². The minimum absolute atomic E-state index is 0.0142. The molecular weight excluding hydrogens is 288 g/mol. The highest BCUT2D eigenvalue weighted by Gasteiger charge is 2.34. The number of carboxylic acid groups (broad SMARTS) is 1. The molecule has 2 atom stereocenters. The molecule has 2 unspecified atom stereocenters. The van der Waals surface area contributed by atoms with Gasteiger partial charge >= 0.3 is 12.0 Å². The standard InChI is InChI=1S/C15H22N2O3S/c1-3-8-15(2,13(18)19)17-14(20)16-11-5-4-6-12-10(11)7-9-21-12/h7,9,11H,3-6,8H2,1-2H3,(H,18,19)(H2,16,17,20). The number of carbonyl (C=O) groups excluding carboxylic acids is 1. The van der Waals surface area contributed by atoms with Gasteiger partial charge in [0.05, 0.1) is 6.04 Å². The second-order valence-corrected chi connectivity index (χ2v) is 6.73. The number of carboxylic acids is 1. The second kappa shape index (κ2) is 6.47. The molecule has 6 heteroatoms. The van der Waals surface area contributed by atoms with Crippen LogP contribution >= 0.6 is 11.3 Å². The second-order valence-electron chi connectivity index (χ2n) is 5.73. The van der Waals surface area contributed by atoms with E-state index in [1.807, 2.05) is 18.4 Å². The van der Waals surface area contributed by atoms with Crippen molar-refractivity contribution >= 4 is 23.3 Å². The predicted octanol–water partition coefficient (Wildman–Crippen LogP) is 3.07. The Morgan fingerprint density at radius 1 is 1.52 bits per heavy atom. The number of carbonyl (C=O) groups is 2. The van der Waals surface area contributed by atoms with E-state index in [0.29, 0.717) is 12.8 Å². The van der Waals surface area contributed by atoms with Gasteiger partial charge in [-0.1, -0.05) is 13.3 Å². The lowest BCUT2D eigenvalue weighted by Crippen LogP contribution is -2.55. The van der Waals surface area contributed by atoms with Crippen molar-refractivity contribution in [3.05, 3.63) is 21.9 Å². The van der Waals surface area contributed by atoms with Crippen molar-refractivity contribution in [2.75, 3.05) is 0 Å². The average Bonchev–Trinajstić information content (AvgIpc) is 2.88. The monoisotopic (exact) mass is 310 g/mol. The molecule has 2 amide bonds. The van der Waals surface area contributed by atoms with Crippen LogP contribution in [-0.2, 0) is 11.2 Å². The first-order valence-electron chi connectivity index (χ1n) is 7.34. The average molecular weight is 310 g/mol. The van der Waals surface area contributed by atoms with Crippen molar-refractivity contribution in [1.29, 1.82) is 0 Å². The number of fused-ring (bicyclic) bond motifs is 1. The van der Waals surface area contributed by atoms with Gasteiger partial charge in [0.2, 0.25) is 0 Å². The summed E-state index contributed by atoms with van der Waals surface area (Å²) < 4.78 is 0. The Hall–Kier alpha value is -1.56. The highest BCUT2D eigenvalue weighted by molar-refractivity contribution is 7.10. The summed E-state index contributed by atoms with van der Waals surface area (Å²) in [5.74, 6) is -1.00. The van der Waals surface area contributed by atoms with E-state index in [2.05, 4.69) is 10.6 Å². The molecule has 0 saturated heterocycles. The van der Waals surface area contributed by atoms with Gasteiger partial charge in [0, 0.05) is 4.88 Å². The number of hydrogen-bond acceptors (Lipinski definition) is 3. The SMILES string of the molecule is CCCC(C)(NC(=O)NC1CCCc2sccc21)C(=O)O. The number of rotatable bonds is 5. The minimum Gasteiger partial charge on any atom is -0.480 e. The molecule has 0 saturated carbocycles. The fourth-order valence-electron chi connectivity index (χ4n) is 2.80. The van der Waals surface area contributed by atoms with Gasteiger partial charge in [0.25, 0.3) is 0 Å². The predicted molar refractivity (Wildman–Crippen MR) is 82.6 cm³/mol. The molecule has 0 spiro atoms. The number of thiophene rings is 1. The van der Waals surface area contributed by atoms with Gasteiger partial charge in [-0.25, -0.2) is 9.59 Å². The van der Waals surface area contributed by atoms with E-state index < -0.39 is 17.5 Å². The maximum atomic E-state index is 12.2. The van der Waals surface area contributed by atoms with Crippen LogP contribution in [0.15, 0.2) is 11.4 Å². The maximum absolute atomic E-state index is 12.2. The van der Waals surface area contributed by atoms with Gasteiger partial charge in [-0.15, -0.1) is 11.3 Å². The Labute approximate surface area is 128 Å². The lowest BCUT2D eigenvalue weighted by molar-refractivity contribution is -0.144. The molecule has 0 bridgehead atoms. The molecule has 0 aliphatic heterocycles. The van der Waals surface area contributed by atoms with E-state index in [9.17, 15) is 14.7 Å². The molecule has 0 aromatic carbocycles. The zero-order chi connectivity index (χ0) is 15.5. The maximum Gasteiger partial charge on any atom is 0.329 e. The number of aliphatic carboxylic acids is 1. The molecule has 3 N–H and O–H groups in total. The summed E-state index contributed by atoms with van der Waals surface area (Å²) in [5, 5.41) is 16.9. The molecule has 1 aromatic heterocycles. The summed E-state index contributed by atoms with van der Waals surface area (Å²) in [6.45, 7) is 3.45. The number of nitrogens with one attached hydrogen (secondary N) is 2. The van der Waals surface area contributed by atoms with Gasteiger partial charge in [-0.05, 0) is 49.6 Å². The molecule has 116 valence electrons. The quantitative estimate of drug-likeness (QED) is 0.782. The first-order chi connectivity index (χ1) is 9.96. The van der Waals surface area contributed by atoms with E-state index in [4.69, 9.17) is 0 Å². The number of amides is 2. The molecule has 2 rings (SSSR count). The molecular formula is C15H22N2O3S. The van der Waals surface area contributed by atoms with Crippen LogP contribution in [0.2, 0.25) is 0 Å². The van der Waals surface area contributed by atoms with Gasteiger partial charge in [-0.3, -0.25) is 0 Å². The normalized spacial score (nSPS) is 20.2. The fraction of sp³-hybridized carbons (Fsp3) is 0.600. The molecule has 21 heavy (non-hydrogen) atoms. The molecule has 1 heterocycles. The molecule has 1 aliphatic carbocycles. The molecule has 0 radical (unpaired) electrons. The van der Waals surface area contributed by atoms with E-state index in [1.54, 1.807) is 18.3 Å². The summed E-state index contributed by atoms with van der Waals surface area (Å²) in [5.41, 5.74) is -0.0424. The highest BCUT2D eigenvalue weighted by Crippen LogP contribution is 2.33. The van der Waals surface area contributed by atoms with E-state index >= 15 is 0 Å². The van der Waals surface area contributed by atoms with Crippen LogP contribution in [0.1, 0.15) is 56.0 Å². The van der Waals surface area contributed by atoms with Crippen LogP contribution in [0.5, 0.6) is 0 Å². The van der Waals surface area contributed by atoms with Crippen LogP contribution in [-0.4, -0.2) is 22.6 Å². The summed E-state index contributed by atoms with van der Waals surface area (Å²) in [7, 11) is 0. The number of urea groups is 1. The van der Waals surface area contributed by atoms with E-state index in [0.717, 1.165) is 19.3 Å². The van der Waals surface area contributed by atoms with Crippen molar-refractivity contribution in [3.8, 4) is 0 Å². The third-order valence-corrected chi connectivity index (χ3v) is 4.97. The zero-order valence-electron chi connectivity index (χ0n) is 12.4. The first-order valence-corrected chi connectivity index (χ1v) is 8.22. The van der Waals surface area contributed by atoms with Crippen molar-refractivity contribution < 1.29 is 14.7 Å². The lowest BCUT2D eigenvalue weighted by atomic mass is 9.94. The van der Waals surface area contributed by atoms with Gasteiger partial charge < -0.3 is 15.7 Å². The van der Waals surface area contributed by atoms with Gasteiger partial charge in [-0.2, -0.15) is 0 Å². The summed E-state index contributed by atoms with van der Waals surface area (Å²) in [6.07, 6.45) is 4.11. The van der Waals surface area contributed by atoms with Crippen molar-refractivity contribution in [2.24, 2.45) is 0 Å². The third-order valence-electron chi connectivity index (χ3n) is 3.97. The van der Waals surface area contributed by atoms with Gasteiger partial charge in [0.1, 0.15) is 5.54 Å². The number of hydrogen-bond donors (Lipinski definition) is 3. The van der Waals surface area contributed by atoms with Crippen LogP contribution in [0, 0.1) is 0 Å². The summed E-state index contributed by atoms with van der Waals surface area (Å²) >= 11 is 1.72. The van der Waals surface area contributed by atoms with Crippen LogP contribution in [0.3, 0.4) is 0 Å². The fourth-order valence-corrected chi connectivity index (χ4v) is 3.79. The largest absolute Gasteiger partial charge is 0.480 e. The van der Waals surface area contributed by atoms with Gasteiger partial charge in [0.15, 0.2) is 0 Å². The van der Waals surface area contributed by atoms with Crippen LogP contribution < -0.4 is 10.6 Å². The van der Waals surface area contributed by atoms with Crippen molar-refractivity contribution in [2.45, 2.75) is 57.5 Å². The smallest absolute Gasteiger partial charge is 0.329 e. The topological polar surface area (TPSA) is 78.4 Å². The minimum atomic E-state index is -1.22. The Kier molecular flexibility index (Phi) is 4.88. The molecule has 5 nitrogen and oxygen atoms in total. The third kappa shape index (κ3) is 3.56. The number of aryl methyl sites for hydroxylation is 1. The van der Waals surface area contributed by atoms with E-state index in [1.165, 1.54) is 10.4 Å². The van der Waals surface area contributed by atoms with Crippen molar-refractivity contribution in [3.63, 3.8) is 0 Å². The Bertz CT molecular complexity index is 529. The Morgan fingerprint density at radius 3 is 2.95 bits per heavy atom. The Morgan fingerprint density at radius 2 is 2.29 bits per heavy atom. The molecule has 1 aromatic rings. The van der Waals surface area contributed by atoms with Crippen molar-refractivity contribution in [1.82, 2.24) is 10.6 Å². The first kappa shape index (κ1) is 15.8. The molecule has 0 fully saturated rings. The lowest BCUT2D eigenvalue weighted by Gasteiger charge is -2.29. The summed E-state index contributed by atoms with van der Waals surface area (Å²) in [4.78, 5) is 24.8. The molecule has 1 aliphatic rings. The van der Waals surface area contributed by atoms with E-state index in [-0.39, 0.29) is 6.04 Å². The Balaban J connectivity index is 2.01.